The smallest absolute Gasteiger partial charge is 0.222 e. The number of aliphatic hydroxyl groups is 1. The van der Waals surface area contributed by atoms with Crippen LogP contribution in [0.2, 0.25) is 0 Å². The van der Waals surface area contributed by atoms with Gasteiger partial charge in [0.15, 0.2) is 0 Å². The molecule has 1 heterocycles. The maximum atomic E-state index is 10.7. The maximum absolute atomic E-state index is 10.7. The number of nitrogens with one attached hydrogen (secondary N) is 1. The predicted octanol–water partition coefficient (Wildman–Crippen LogP) is 0.0321. The van der Waals surface area contributed by atoms with Gasteiger partial charge in [0, 0.05) is 13.1 Å². The van der Waals surface area contributed by atoms with Crippen molar-refractivity contribution in [3.63, 3.8) is 0 Å². The largest absolute Gasteiger partial charge is 0.394 e. The third kappa shape index (κ3) is 2.79. The number of aromatic nitrogens is 1. The molecule has 0 aromatic carbocycles. The van der Waals surface area contributed by atoms with E-state index >= 15 is 0 Å². The molecule has 1 unspecified atom stereocenters. The standard InChI is InChI=1S/C9H13N3O2/c1-6(14)12-9-4-7(2-3-11-9)8(10)5-13/h2-4,8,13H,5,10H2,1H3,(H,11,12,14). The summed E-state index contributed by atoms with van der Waals surface area (Å²) in [4.78, 5) is 14.7. The summed E-state index contributed by atoms with van der Waals surface area (Å²) in [6.45, 7) is 1.27. The fourth-order valence-electron chi connectivity index (χ4n) is 1.03. The highest BCUT2D eigenvalue weighted by atomic mass is 16.3. The number of carbonyl (C=O) groups excluding carboxylic acids is 1. The molecule has 0 aliphatic heterocycles. The number of aliphatic hydroxyl groups excluding tert-OH is 1. The number of rotatable bonds is 3. The summed E-state index contributed by atoms with van der Waals surface area (Å²) in [6.07, 6.45) is 1.54. The van der Waals surface area contributed by atoms with Gasteiger partial charge >= 0.3 is 0 Å². The Hall–Kier alpha value is -1.46. The molecule has 0 radical (unpaired) electrons. The second-order valence-electron chi connectivity index (χ2n) is 2.94. The molecule has 14 heavy (non-hydrogen) atoms. The predicted molar refractivity (Wildman–Crippen MR) is 52.6 cm³/mol. The van der Waals surface area contributed by atoms with Crippen LogP contribution >= 0.6 is 0 Å². The maximum Gasteiger partial charge on any atom is 0.222 e. The minimum atomic E-state index is -0.439. The Morgan fingerprint density at radius 1 is 1.79 bits per heavy atom. The summed E-state index contributed by atoms with van der Waals surface area (Å²) >= 11 is 0. The van der Waals surface area contributed by atoms with Gasteiger partial charge in [-0.1, -0.05) is 0 Å². The zero-order valence-corrected chi connectivity index (χ0v) is 7.90. The van der Waals surface area contributed by atoms with Crippen molar-refractivity contribution in [2.75, 3.05) is 11.9 Å². The summed E-state index contributed by atoms with van der Waals surface area (Å²) in [7, 11) is 0. The first kappa shape index (κ1) is 10.6. The highest BCUT2D eigenvalue weighted by Crippen LogP contribution is 2.12. The topological polar surface area (TPSA) is 88.2 Å². The number of anilines is 1. The van der Waals surface area contributed by atoms with Gasteiger partial charge in [-0.15, -0.1) is 0 Å². The van der Waals surface area contributed by atoms with E-state index in [-0.39, 0.29) is 12.5 Å². The fourth-order valence-corrected chi connectivity index (χ4v) is 1.03. The van der Waals surface area contributed by atoms with Crippen LogP contribution in [0, 0.1) is 0 Å². The first-order valence-electron chi connectivity index (χ1n) is 4.23. The van der Waals surface area contributed by atoms with E-state index in [2.05, 4.69) is 10.3 Å². The van der Waals surface area contributed by atoms with Crippen LogP contribution in [0.15, 0.2) is 18.3 Å². The quantitative estimate of drug-likeness (QED) is 0.635. The molecule has 0 saturated heterocycles. The van der Waals surface area contributed by atoms with Crippen LogP contribution in [-0.2, 0) is 4.79 Å². The van der Waals surface area contributed by atoms with Gasteiger partial charge in [-0.2, -0.15) is 0 Å². The number of hydrogen-bond donors (Lipinski definition) is 3. The van der Waals surface area contributed by atoms with Gasteiger partial charge in [-0.05, 0) is 17.7 Å². The summed E-state index contributed by atoms with van der Waals surface area (Å²) in [6, 6.07) is 2.90. The lowest BCUT2D eigenvalue weighted by Gasteiger charge is -2.09. The van der Waals surface area contributed by atoms with Gasteiger partial charge in [-0.25, -0.2) is 4.98 Å². The minimum Gasteiger partial charge on any atom is -0.394 e. The van der Waals surface area contributed by atoms with Crippen LogP contribution in [0.1, 0.15) is 18.5 Å². The van der Waals surface area contributed by atoms with Crippen molar-refractivity contribution in [2.24, 2.45) is 5.73 Å². The van der Waals surface area contributed by atoms with Crippen molar-refractivity contribution in [1.29, 1.82) is 0 Å². The Balaban J connectivity index is 2.83. The molecule has 0 saturated carbocycles. The van der Waals surface area contributed by atoms with Crippen molar-refractivity contribution in [3.8, 4) is 0 Å². The summed E-state index contributed by atoms with van der Waals surface area (Å²) in [5.41, 5.74) is 6.35. The molecule has 0 aliphatic carbocycles. The van der Waals surface area contributed by atoms with Crippen LogP contribution in [0.3, 0.4) is 0 Å². The Bertz CT molecular complexity index is 328. The van der Waals surface area contributed by atoms with E-state index in [9.17, 15) is 4.79 Å². The Morgan fingerprint density at radius 2 is 2.50 bits per heavy atom. The lowest BCUT2D eigenvalue weighted by Crippen LogP contribution is -2.15. The first-order valence-corrected chi connectivity index (χ1v) is 4.23. The van der Waals surface area contributed by atoms with Crippen LogP contribution in [-0.4, -0.2) is 22.6 Å². The molecule has 1 rings (SSSR count). The van der Waals surface area contributed by atoms with Gasteiger partial charge < -0.3 is 16.2 Å². The number of carbonyl (C=O) groups is 1. The van der Waals surface area contributed by atoms with Crippen molar-refractivity contribution >= 4 is 11.7 Å². The van der Waals surface area contributed by atoms with Crippen molar-refractivity contribution in [2.45, 2.75) is 13.0 Å². The molecule has 1 aromatic rings. The third-order valence-electron chi connectivity index (χ3n) is 1.71. The molecule has 0 bridgehead atoms. The average molecular weight is 195 g/mol. The Morgan fingerprint density at radius 3 is 3.07 bits per heavy atom. The minimum absolute atomic E-state index is 0.135. The van der Waals surface area contributed by atoms with Gasteiger partial charge in [0.2, 0.25) is 5.91 Å². The zero-order chi connectivity index (χ0) is 10.6. The van der Waals surface area contributed by atoms with Gasteiger partial charge in [0.1, 0.15) is 5.82 Å². The molecular weight excluding hydrogens is 182 g/mol. The van der Waals surface area contributed by atoms with E-state index in [0.29, 0.717) is 5.82 Å². The lowest BCUT2D eigenvalue weighted by molar-refractivity contribution is -0.114. The highest BCUT2D eigenvalue weighted by molar-refractivity contribution is 5.87. The molecule has 1 aromatic heterocycles. The monoisotopic (exact) mass is 195 g/mol. The molecule has 0 fully saturated rings. The van der Waals surface area contributed by atoms with E-state index in [1.165, 1.54) is 13.1 Å². The molecule has 0 aliphatic rings. The molecular formula is C9H13N3O2. The Labute approximate surface area is 82.0 Å². The summed E-state index contributed by atoms with van der Waals surface area (Å²) in [5, 5.41) is 11.4. The number of nitrogens with zero attached hydrogens (tertiary/aromatic N) is 1. The van der Waals surface area contributed by atoms with Crippen LogP contribution < -0.4 is 11.1 Å². The normalized spacial score (nSPS) is 12.2. The van der Waals surface area contributed by atoms with Crippen LogP contribution in [0.25, 0.3) is 0 Å². The summed E-state index contributed by atoms with van der Waals surface area (Å²) < 4.78 is 0. The van der Waals surface area contributed by atoms with Crippen molar-refractivity contribution in [1.82, 2.24) is 4.98 Å². The molecule has 5 nitrogen and oxygen atoms in total. The molecule has 1 amide bonds. The number of pyridine rings is 1. The van der Waals surface area contributed by atoms with Crippen LogP contribution in [0.4, 0.5) is 5.82 Å². The third-order valence-corrected chi connectivity index (χ3v) is 1.71. The first-order chi connectivity index (χ1) is 6.63. The lowest BCUT2D eigenvalue weighted by atomic mass is 10.1. The molecule has 1 atom stereocenters. The van der Waals surface area contributed by atoms with Crippen LogP contribution in [0.5, 0.6) is 0 Å². The number of hydrogen-bond acceptors (Lipinski definition) is 4. The average Bonchev–Trinajstić information content (AvgIpc) is 2.16. The van der Waals surface area contributed by atoms with Crippen molar-refractivity contribution < 1.29 is 9.90 Å². The van der Waals surface area contributed by atoms with E-state index in [0.717, 1.165) is 5.56 Å². The van der Waals surface area contributed by atoms with Gasteiger partial charge in [0.25, 0.3) is 0 Å². The molecule has 4 N–H and O–H groups in total. The van der Waals surface area contributed by atoms with Crippen molar-refractivity contribution in [3.05, 3.63) is 23.9 Å². The molecule has 76 valence electrons. The Kier molecular flexibility index (Phi) is 3.55. The number of nitrogens with two attached hydrogens (primary N) is 1. The van der Waals surface area contributed by atoms with E-state index in [4.69, 9.17) is 10.8 Å². The SMILES string of the molecule is CC(=O)Nc1cc(C(N)CO)ccn1. The summed E-state index contributed by atoms with van der Waals surface area (Å²) in [5.74, 6) is 0.256. The zero-order valence-electron chi connectivity index (χ0n) is 7.90. The van der Waals surface area contributed by atoms with E-state index < -0.39 is 6.04 Å². The van der Waals surface area contributed by atoms with E-state index in [1.54, 1.807) is 12.1 Å². The fraction of sp³-hybridized carbons (Fsp3) is 0.333. The second-order valence-corrected chi connectivity index (χ2v) is 2.94. The second kappa shape index (κ2) is 4.69. The van der Waals surface area contributed by atoms with Gasteiger partial charge in [0.05, 0.1) is 12.6 Å². The number of amides is 1. The molecule has 0 spiro atoms. The highest BCUT2D eigenvalue weighted by Gasteiger charge is 2.05. The molecule has 5 heteroatoms. The van der Waals surface area contributed by atoms with Gasteiger partial charge in [-0.3, -0.25) is 4.79 Å². The van der Waals surface area contributed by atoms with E-state index in [1.807, 2.05) is 0 Å².